The van der Waals surface area contributed by atoms with Gasteiger partial charge in [0.2, 0.25) is 0 Å². The van der Waals surface area contributed by atoms with Gasteiger partial charge in [-0.3, -0.25) is 9.78 Å². The fourth-order valence-electron chi connectivity index (χ4n) is 2.55. The van der Waals surface area contributed by atoms with E-state index in [0.29, 0.717) is 22.4 Å². The van der Waals surface area contributed by atoms with Crippen molar-refractivity contribution in [3.05, 3.63) is 69.9 Å². The fraction of sp³-hybridized carbons (Fsp3) is 0.211. The lowest BCUT2D eigenvalue weighted by Gasteiger charge is -2.12. The van der Waals surface area contributed by atoms with Crippen molar-refractivity contribution >= 4 is 41.2 Å². The van der Waals surface area contributed by atoms with Gasteiger partial charge in [0.05, 0.1) is 17.9 Å². The van der Waals surface area contributed by atoms with E-state index in [0.717, 1.165) is 27.6 Å². The highest BCUT2D eigenvalue weighted by molar-refractivity contribution is 7.99. The van der Waals surface area contributed by atoms with Crippen molar-refractivity contribution < 1.29 is 4.79 Å². The SMILES string of the molecule is CC(C)c1nc(C=O)n(Cc2ccccn2)c1Sc1cc(Cl)cc(Cl)c1. The van der Waals surface area contributed by atoms with Crippen LogP contribution in [0.3, 0.4) is 0 Å². The van der Waals surface area contributed by atoms with Crippen LogP contribution in [0, 0.1) is 0 Å². The molecule has 1 aromatic carbocycles. The number of aromatic nitrogens is 3. The van der Waals surface area contributed by atoms with E-state index in [-0.39, 0.29) is 5.92 Å². The number of benzene rings is 1. The number of rotatable bonds is 6. The summed E-state index contributed by atoms with van der Waals surface area (Å²) in [5.41, 5.74) is 1.72. The Balaban J connectivity index is 2.08. The maximum Gasteiger partial charge on any atom is 0.185 e. The molecule has 0 saturated carbocycles. The van der Waals surface area contributed by atoms with Gasteiger partial charge in [0.25, 0.3) is 0 Å². The second-order valence-electron chi connectivity index (χ2n) is 6.05. The highest BCUT2D eigenvalue weighted by Gasteiger charge is 2.21. The summed E-state index contributed by atoms with van der Waals surface area (Å²) in [4.78, 5) is 21.4. The first-order chi connectivity index (χ1) is 12.5. The van der Waals surface area contributed by atoms with Crippen LogP contribution in [0.4, 0.5) is 0 Å². The number of carbonyl (C=O) groups is 1. The Kier molecular flexibility index (Phi) is 6.01. The van der Waals surface area contributed by atoms with Crippen LogP contribution >= 0.6 is 35.0 Å². The minimum absolute atomic E-state index is 0.163. The summed E-state index contributed by atoms with van der Waals surface area (Å²) < 4.78 is 1.89. The molecule has 3 aromatic rings. The van der Waals surface area contributed by atoms with Crippen molar-refractivity contribution in [2.45, 2.75) is 36.2 Å². The third kappa shape index (κ3) is 4.29. The summed E-state index contributed by atoms with van der Waals surface area (Å²) in [5.74, 6) is 0.547. The van der Waals surface area contributed by atoms with Gasteiger partial charge in [-0.05, 0) is 36.2 Å². The molecule has 0 amide bonds. The highest BCUT2D eigenvalue weighted by atomic mass is 35.5. The van der Waals surface area contributed by atoms with E-state index >= 15 is 0 Å². The molecule has 26 heavy (non-hydrogen) atoms. The molecule has 4 nitrogen and oxygen atoms in total. The van der Waals surface area contributed by atoms with E-state index < -0.39 is 0 Å². The van der Waals surface area contributed by atoms with Crippen LogP contribution in [-0.4, -0.2) is 20.8 Å². The van der Waals surface area contributed by atoms with Crippen LogP contribution in [0.15, 0.2) is 52.5 Å². The molecule has 134 valence electrons. The normalized spacial score (nSPS) is 11.1. The lowest BCUT2D eigenvalue weighted by molar-refractivity contribution is 0.111. The number of hydrogen-bond acceptors (Lipinski definition) is 4. The van der Waals surface area contributed by atoms with Gasteiger partial charge < -0.3 is 4.57 Å². The van der Waals surface area contributed by atoms with E-state index in [4.69, 9.17) is 23.2 Å². The highest BCUT2D eigenvalue weighted by Crippen LogP contribution is 2.37. The summed E-state index contributed by atoms with van der Waals surface area (Å²) in [5, 5.41) is 2.03. The van der Waals surface area contributed by atoms with Gasteiger partial charge in [0.15, 0.2) is 12.1 Å². The largest absolute Gasteiger partial charge is 0.310 e. The van der Waals surface area contributed by atoms with Gasteiger partial charge in [0.1, 0.15) is 5.03 Å². The van der Waals surface area contributed by atoms with Gasteiger partial charge in [-0.15, -0.1) is 0 Å². The van der Waals surface area contributed by atoms with Crippen molar-refractivity contribution in [2.24, 2.45) is 0 Å². The number of nitrogens with zero attached hydrogens (tertiary/aromatic N) is 3. The predicted molar refractivity (Wildman–Crippen MR) is 106 cm³/mol. The molecule has 3 rings (SSSR count). The van der Waals surface area contributed by atoms with Gasteiger partial charge >= 0.3 is 0 Å². The molecule has 0 aliphatic heterocycles. The molecule has 0 fully saturated rings. The molecule has 0 bridgehead atoms. The number of hydrogen-bond donors (Lipinski definition) is 0. The van der Waals surface area contributed by atoms with Crippen molar-refractivity contribution in [1.82, 2.24) is 14.5 Å². The summed E-state index contributed by atoms with van der Waals surface area (Å²) in [6.45, 7) is 4.57. The second kappa shape index (κ2) is 8.25. The standard InChI is InChI=1S/C19H17Cl2N3OS/c1-12(2)18-19(26-16-8-13(20)7-14(21)9-16)24(17(11-25)23-18)10-15-5-3-4-6-22-15/h3-9,11-12H,10H2,1-2H3. The lowest BCUT2D eigenvalue weighted by Crippen LogP contribution is -2.07. The van der Waals surface area contributed by atoms with Crippen LogP contribution in [0.5, 0.6) is 0 Å². The molecule has 0 saturated heterocycles. The van der Waals surface area contributed by atoms with Crippen molar-refractivity contribution in [3.8, 4) is 0 Å². The number of pyridine rings is 1. The Morgan fingerprint density at radius 3 is 2.50 bits per heavy atom. The first-order valence-corrected chi connectivity index (χ1v) is 9.64. The number of halogens is 2. The Hall–Kier alpha value is -1.82. The molecule has 0 N–H and O–H groups in total. The monoisotopic (exact) mass is 405 g/mol. The summed E-state index contributed by atoms with van der Waals surface area (Å²) in [7, 11) is 0. The average molecular weight is 406 g/mol. The zero-order valence-electron chi connectivity index (χ0n) is 14.3. The second-order valence-corrected chi connectivity index (χ2v) is 7.98. The van der Waals surface area contributed by atoms with E-state index in [1.54, 1.807) is 12.3 Å². The van der Waals surface area contributed by atoms with Gasteiger partial charge in [-0.25, -0.2) is 4.98 Å². The molecule has 0 atom stereocenters. The number of aldehydes is 1. The van der Waals surface area contributed by atoms with Crippen LogP contribution in [0.25, 0.3) is 0 Å². The van der Waals surface area contributed by atoms with Gasteiger partial charge in [-0.1, -0.05) is 54.9 Å². The van der Waals surface area contributed by atoms with E-state index in [1.807, 2.05) is 34.9 Å². The number of carbonyl (C=O) groups excluding carboxylic acids is 1. The molecule has 0 radical (unpaired) electrons. The van der Waals surface area contributed by atoms with Crippen molar-refractivity contribution in [1.29, 1.82) is 0 Å². The predicted octanol–water partition coefficient (Wildman–Crippen LogP) is 5.72. The molecule has 0 unspecified atom stereocenters. The lowest BCUT2D eigenvalue weighted by atomic mass is 10.1. The third-order valence-electron chi connectivity index (χ3n) is 3.72. The van der Waals surface area contributed by atoms with Crippen LogP contribution in [0.1, 0.15) is 41.8 Å². The van der Waals surface area contributed by atoms with Crippen LogP contribution in [-0.2, 0) is 6.54 Å². The van der Waals surface area contributed by atoms with Crippen molar-refractivity contribution in [3.63, 3.8) is 0 Å². The summed E-state index contributed by atoms with van der Waals surface area (Å²) >= 11 is 13.8. The first kappa shape index (κ1) is 19.0. The maximum absolute atomic E-state index is 11.6. The molecule has 2 heterocycles. The molecular formula is C19H17Cl2N3OS. The third-order valence-corrected chi connectivity index (χ3v) is 5.26. The topological polar surface area (TPSA) is 47.8 Å². The van der Waals surface area contributed by atoms with Crippen LogP contribution < -0.4 is 0 Å². The molecular weight excluding hydrogens is 389 g/mol. The zero-order valence-corrected chi connectivity index (χ0v) is 16.6. The Bertz CT molecular complexity index is 906. The Morgan fingerprint density at radius 2 is 1.92 bits per heavy atom. The van der Waals surface area contributed by atoms with E-state index in [1.165, 1.54) is 11.8 Å². The first-order valence-electron chi connectivity index (χ1n) is 8.07. The van der Waals surface area contributed by atoms with Crippen LogP contribution in [0.2, 0.25) is 10.0 Å². The molecule has 0 spiro atoms. The smallest absolute Gasteiger partial charge is 0.185 e. The Morgan fingerprint density at radius 1 is 1.19 bits per heavy atom. The minimum Gasteiger partial charge on any atom is -0.310 e. The summed E-state index contributed by atoms with van der Waals surface area (Å²) in [6, 6.07) is 11.1. The average Bonchev–Trinajstić information content (AvgIpc) is 2.93. The van der Waals surface area contributed by atoms with Crippen molar-refractivity contribution in [2.75, 3.05) is 0 Å². The molecule has 2 aromatic heterocycles. The maximum atomic E-state index is 11.6. The number of imidazole rings is 1. The Labute approximate surface area is 166 Å². The zero-order chi connectivity index (χ0) is 18.7. The molecule has 7 heteroatoms. The van der Waals surface area contributed by atoms with E-state index in [9.17, 15) is 4.79 Å². The molecule has 0 aliphatic rings. The van der Waals surface area contributed by atoms with E-state index in [2.05, 4.69) is 23.8 Å². The quantitative estimate of drug-likeness (QED) is 0.491. The molecule has 0 aliphatic carbocycles. The fourth-order valence-corrected chi connectivity index (χ4v) is 4.46. The van der Waals surface area contributed by atoms with Gasteiger partial charge in [-0.2, -0.15) is 0 Å². The minimum atomic E-state index is 0.163. The van der Waals surface area contributed by atoms with Gasteiger partial charge in [0, 0.05) is 21.1 Å². The summed E-state index contributed by atoms with van der Waals surface area (Å²) in [6.07, 6.45) is 2.52.